The minimum atomic E-state index is -0.878. The molecule has 1 aromatic carbocycles. The topological polar surface area (TPSA) is 55.5 Å². The molecule has 0 bridgehead atoms. The third-order valence-corrected chi connectivity index (χ3v) is 2.67. The maximum atomic E-state index is 13.5. The molecule has 0 aliphatic carbocycles. The van der Waals surface area contributed by atoms with Gasteiger partial charge in [-0.1, -0.05) is 0 Å². The molecule has 0 heterocycles. The van der Waals surface area contributed by atoms with E-state index in [1.54, 1.807) is 0 Å². The first-order valence-corrected chi connectivity index (χ1v) is 4.90. The molecule has 0 aliphatic heterocycles. The molecule has 0 aliphatic rings. The van der Waals surface area contributed by atoms with Gasteiger partial charge in [-0.3, -0.25) is 0 Å². The Morgan fingerprint density at radius 2 is 2.20 bits per heavy atom. The number of halogens is 3. The summed E-state index contributed by atoms with van der Waals surface area (Å²) < 4.78 is 31.1. The molecule has 84 valence electrons. The van der Waals surface area contributed by atoms with Gasteiger partial charge < -0.3 is 15.6 Å². The second-order valence-electron chi connectivity index (χ2n) is 2.90. The van der Waals surface area contributed by atoms with Crippen molar-refractivity contribution >= 4 is 15.9 Å². The molecule has 1 atom stereocenters. The number of hydrogen-bond acceptors (Lipinski definition) is 3. The van der Waals surface area contributed by atoms with E-state index in [1.165, 1.54) is 7.11 Å². The second-order valence-corrected chi connectivity index (χ2v) is 3.69. The van der Waals surface area contributed by atoms with Gasteiger partial charge in [-0.2, -0.15) is 0 Å². The van der Waals surface area contributed by atoms with Crippen molar-refractivity contribution < 1.29 is 18.6 Å². The van der Waals surface area contributed by atoms with Crippen LogP contribution in [-0.2, 0) is 0 Å². The summed E-state index contributed by atoms with van der Waals surface area (Å²) in [5, 5.41) is 8.82. The number of ether oxygens (including phenoxy) is 1. The highest BCUT2D eigenvalue weighted by Gasteiger charge is 2.21. The van der Waals surface area contributed by atoms with Crippen LogP contribution < -0.4 is 10.5 Å². The van der Waals surface area contributed by atoms with Crippen LogP contribution >= 0.6 is 15.9 Å². The number of methoxy groups -OCH3 is 1. The van der Waals surface area contributed by atoms with Gasteiger partial charge in [0.15, 0.2) is 11.6 Å². The predicted molar refractivity (Wildman–Crippen MR) is 54.6 cm³/mol. The SMILES string of the molecule is COc1c(C(N)CO)cc(F)c(Br)c1F. The number of hydrogen-bond donors (Lipinski definition) is 2. The van der Waals surface area contributed by atoms with Crippen molar-refractivity contribution in [1.82, 2.24) is 0 Å². The summed E-state index contributed by atoms with van der Waals surface area (Å²) in [7, 11) is 1.25. The molecule has 0 amide bonds. The largest absolute Gasteiger partial charge is 0.493 e. The summed E-state index contributed by atoms with van der Waals surface area (Å²) in [5.74, 6) is -1.81. The first-order valence-electron chi connectivity index (χ1n) is 4.10. The number of aliphatic hydroxyl groups is 1. The first-order chi connectivity index (χ1) is 7.02. The lowest BCUT2D eigenvalue weighted by atomic mass is 10.1. The lowest BCUT2D eigenvalue weighted by Gasteiger charge is -2.15. The van der Waals surface area contributed by atoms with Crippen LogP contribution in [0.5, 0.6) is 5.75 Å². The summed E-state index contributed by atoms with van der Waals surface area (Å²) in [4.78, 5) is 0. The molecule has 0 saturated heterocycles. The average Bonchev–Trinajstić information content (AvgIpc) is 2.24. The summed E-state index contributed by atoms with van der Waals surface area (Å²) >= 11 is 2.74. The van der Waals surface area contributed by atoms with Crippen molar-refractivity contribution in [2.45, 2.75) is 6.04 Å². The molecule has 1 aromatic rings. The zero-order valence-electron chi connectivity index (χ0n) is 7.93. The number of nitrogens with two attached hydrogens (primary N) is 1. The van der Waals surface area contributed by atoms with Crippen LogP contribution in [0.3, 0.4) is 0 Å². The third-order valence-electron chi connectivity index (χ3n) is 1.95. The van der Waals surface area contributed by atoms with Gasteiger partial charge in [-0.05, 0) is 22.0 Å². The molecule has 15 heavy (non-hydrogen) atoms. The first kappa shape index (κ1) is 12.4. The van der Waals surface area contributed by atoms with Crippen molar-refractivity contribution in [1.29, 1.82) is 0 Å². The molecule has 3 N–H and O–H groups in total. The van der Waals surface area contributed by atoms with Gasteiger partial charge in [-0.25, -0.2) is 8.78 Å². The molecule has 0 fully saturated rings. The number of rotatable bonds is 3. The van der Waals surface area contributed by atoms with E-state index in [9.17, 15) is 8.78 Å². The average molecular weight is 282 g/mol. The van der Waals surface area contributed by atoms with E-state index < -0.39 is 24.3 Å². The van der Waals surface area contributed by atoms with Crippen LogP contribution in [0.4, 0.5) is 8.78 Å². The fraction of sp³-hybridized carbons (Fsp3) is 0.333. The highest BCUT2D eigenvalue weighted by atomic mass is 79.9. The number of aliphatic hydroxyl groups excluding tert-OH is 1. The lowest BCUT2D eigenvalue weighted by Crippen LogP contribution is -2.16. The Bertz CT molecular complexity index is 374. The van der Waals surface area contributed by atoms with E-state index in [1.807, 2.05) is 0 Å². The van der Waals surface area contributed by atoms with Gasteiger partial charge in [0, 0.05) is 5.56 Å². The summed E-state index contributed by atoms with van der Waals surface area (Å²) in [6.45, 7) is -0.420. The Balaban J connectivity index is 3.38. The molecule has 0 aromatic heterocycles. The van der Waals surface area contributed by atoms with Crippen LogP contribution in [-0.4, -0.2) is 18.8 Å². The van der Waals surface area contributed by atoms with Gasteiger partial charge >= 0.3 is 0 Å². The molecule has 6 heteroatoms. The highest BCUT2D eigenvalue weighted by molar-refractivity contribution is 9.10. The monoisotopic (exact) mass is 281 g/mol. The minimum absolute atomic E-state index is 0.0956. The molecular weight excluding hydrogens is 272 g/mol. The van der Waals surface area contributed by atoms with Gasteiger partial charge in [0.1, 0.15) is 5.82 Å². The second kappa shape index (κ2) is 4.87. The van der Waals surface area contributed by atoms with Crippen molar-refractivity contribution in [2.24, 2.45) is 5.73 Å². The normalized spacial score (nSPS) is 12.7. The van der Waals surface area contributed by atoms with Crippen LogP contribution in [0.2, 0.25) is 0 Å². The van der Waals surface area contributed by atoms with Crippen LogP contribution in [0.15, 0.2) is 10.5 Å². The zero-order valence-corrected chi connectivity index (χ0v) is 9.51. The summed E-state index contributed by atoms with van der Waals surface area (Å²) in [6, 6.07) is 0.157. The number of benzene rings is 1. The molecule has 1 rings (SSSR count). The van der Waals surface area contributed by atoms with Crippen LogP contribution in [0, 0.1) is 11.6 Å². The Morgan fingerprint density at radius 1 is 1.60 bits per heavy atom. The van der Waals surface area contributed by atoms with E-state index in [-0.39, 0.29) is 15.8 Å². The molecule has 1 unspecified atom stereocenters. The fourth-order valence-corrected chi connectivity index (χ4v) is 1.47. The van der Waals surface area contributed by atoms with Crippen molar-refractivity contribution in [3.8, 4) is 5.75 Å². The lowest BCUT2D eigenvalue weighted by molar-refractivity contribution is 0.263. The van der Waals surface area contributed by atoms with E-state index in [4.69, 9.17) is 15.6 Å². The van der Waals surface area contributed by atoms with Crippen molar-refractivity contribution in [3.05, 3.63) is 27.7 Å². The molecule has 3 nitrogen and oxygen atoms in total. The summed E-state index contributed by atoms with van der Waals surface area (Å²) in [6.07, 6.45) is 0. The van der Waals surface area contributed by atoms with Gasteiger partial charge in [-0.15, -0.1) is 0 Å². The Labute approximate surface area is 94.0 Å². The van der Waals surface area contributed by atoms with E-state index in [2.05, 4.69) is 15.9 Å². The smallest absolute Gasteiger partial charge is 0.182 e. The maximum absolute atomic E-state index is 13.5. The van der Waals surface area contributed by atoms with Crippen molar-refractivity contribution in [3.63, 3.8) is 0 Å². The van der Waals surface area contributed by atoms with Gasteiger partial charge in [0.05, 0.1) is 24.2 Å². The van der Waals surface area contributed by atoms with Crippen molar-refractivity contribution in [2.75, 3.05) is 13.7 Å². The standard InChI is InChI=1S/C9H10BrF2NO2/c1-15-9-4(6(13)3-14)2-5(11)7(10)8(9)12/h2,6,14H,3,13H2,1H3. The molecular formula is C9H10BrF2NO2. The molecule has 0 radical (unpaired) electrons. The highest BCUT2D eigenvalue weighted by Crippen LogP contribution is 2.33. The molecule has 0 spiro atoms. The Morgan fingerprint density at radius 3 is 2.67 bits per heavy atom. The van der Waals surface area contributed by atoms with Crippen LogP contribution in [0.25, 0.3) is 0 Å². The van der Waals surface area contributed by atoms with E-state index >= 15 is 0 Å². The Hall–Kier alpha value is -0.720. The van der Waals surface area contributed by atoms with Crippen LogP contribution in [0.1, 0.15) is 11.6 Å². The van der Waals surface area contributed by atoms with Gasteiger partial charge in [0.2, 0.25) is 0 Å². The third kappa shape index (κ3) is 2.27. The maximum Gasteiger partial charge on any atom is 0.182 e. The fourth-order valence-electron chi connectivity index (χ4n) is 1.18. The molecule has 0 saturated carbocycles. The van der Waals surface area contributed by atoms with E-state index in [0.29, 0.717) is 0 Å². The van der Waals surface area contributed by atoms with Gasteiger partial charge in [0.25, 0.3) is 0 Å². The Kier molecular flexibility index (Phi) is 4.01. The minimum Gasteiger partial charge on any atom is -0.493 e. The van der Waals surface area contributed by atoms with E-state index in [0.717, 1.165) is 6.07 Å². The summed E-state index contributed by atoms with van der Waals surface area (Å²) in [5.41, 5.74) is 5.58. The zero-order chi connectivity index (χ0) is 11.6. The predicted octanol–water partition coefficient (Wildman–Crippen LogP) is 1.73. The quantitative estimate of drug-likeness (QED) is 0.830.